The Labute approximate surface area is 141 Å². The van der Waals surface area contributed by atoms with Crippen molar-refractivity contribution in [3.05, 3.63) is 65.2 Å². The van der Waals surface area contributed by atoms with Crippen molar-refractivity contribution in [3.8, 4) is 0 Å². The highest BCUT2D eigenvalue weighted by Crippen LogP contribution is 2.30. The molecule has 1 N–H and O–H groups in total. The van der Waals surface area contributed by atoms with Gasteiger partial charge in [-0.2, -0.15) is 0 Å². The second-order valence-electron chi connectivity index (χ2n) is 6.00. The van der Waals surface area contributed by atoms with Crippen LogP contribution in [0.25, 0.3) is 6.08 Å². The Morgan fingerprint density at radius 3 is 2.75 bits per heavy atom. The third-order valence-electron chi connectivity index (χ3n) is 4.09. The average molecular weight is 320 g/mol. The summed E-state index contributed by atoms with van der Waals surface area (Å²) in [6, 6.07) is 13.6. The lowest BCUT2D eigenvalue weighted by atomic mass is 10.1. The number of nitrogens with zero attached hydrogens (tertiary/aromatic N) is 1. The number of benzene rings is 2. The molecule has 4 heteroatoms. The maximum atomic E-state index is 12.1. The first-order valence-electron chi connectivity index (χ1n) is 8.00. The molecule has 1 heterocycles. The number of carbonyl (C=O) groups is 2. The number of carbonyl (C=O) groups excluding carboxylic acids is 2. The number of amides is 2. The number of anilines is 2. The summed E-state index contributed by atoms with van der Waals surface area (Å²) < 4.78 is 0. The van der Waals surface area contributed by atoms with E-state index in [1.807, 2.05) is 49.4 Å². The summed E-state index contributed by atoms with van der Waals surface area (Å²) in [6.07, 6.45) is 4.15. The molecule has 0 bridgehead atoms. The molecular weight excluding hydrogens is 300 g/mol. The van der Waals surface area contributed by atoms with Gasteiger partial charge in [0.25, 0.3) is 0 Å². The number of hydrogen-bond donors (Lipinski definition) is 1. The lowest BCUT2D eigenvalue weighted by molar-refractivity contribution is -0.116. The van der Waals surface area contributed by atoms with Crippen molar-refractivity contribution >= 4 is 29.3 Å². The van der Waals surface area contributed by atoms with E-state index in [2.05, 4.69) is 5.32 Å². The van der Waals surface area contributed by atoms with Crippen LogP contribution in [0, 0.1) is 6.92 Å². The number of fused-ring (bicyclic) bond motifs is 1. The van der Waals surface area contributed by atoms with E-state index < -0.39 is 0 Å². The Bertz CT molecular complexity index is 824. The van der Waals surface area contributed by atoms with E-state index in [9.17, 15) is 9.59 Å². The largest absolute Gasteiger partial charge is 0.323 e. The molecule has 0 aromatic heterocycles. The molecule has 0 saturated carbocycles. The summed E-state index contributed by atoms with van der Waals surface area (Å²) in [7, 11) is 0. The molecule has 2 aromatic rings. The van der Waals surface area contributed by atoms with Crippen LogP contribution in [0.5, 0.6) is 0 Å². The Morgan fingerprint density at radius 1 is 1.17 bits per heavy atom. The molecule has 0 atom stereocenters. The number of hydrogen-bond acceptors (Lipinski definition) is 2. The van der Waals surface area contributed by atoms with Crippen molar-refractivity contribution in [1.29, 1.82) is 0 Å². The highest BCUT2D eigenvalue weighted by Gasteiger charge is 2.22. The van der Waals surface area contributed by atoms with Crippen molar-refractivity contribution in [1.82, 2.24) is 0 Å². The zero-order chi connectivity index (χ0) is 17.1. The van der Waals surface area contributed by atoms with Gasteiger partial charge in [0.15, 0.2) is 0 Å². The highest BCUT2D eigenvalue weighted by molar-refractivity contribution is 6.02. The fourth-order valence-corrected chi connectivity index (χ4v) is 2.94. The maximum Gasteiger partial charge on any atom is 0.248 e. The summed E-state index contributed by atoms with van der Waals surface area (Å²) in [5.74, 6) is -0.121. The molecule has 4 nitrogen and oxygen atoms in total. The molecule has 1 aliphatic rings. The molecule has 1 aliphatic heterocycles. The van der Waals surface area contributed by atoms with E-state index >= 15 is 0 Å². The van der Waals surface area contributed by atoms with Gasteiger partial charge >= 0.3 is 0 Å². The molecule has 3 rings (SSSR count). The average Bonchev–Trinajstić information content (AvgIpc) is 2.96. The highest BCUT2D eigenvalue weighted by atomic mass is 16.2. The van der Waals surface area contributed by atoms with Gasteiger partial charge in [-0.15, -0.1) is 0 Å². The molecule has 24 heavy (non-hydrogen) atoms. The van der Waals surface area contributed by atoms with Gasteiger partial charge in [0.1, 0.15) is 0 Å². The Kier molecular flexibility index (Phi) is 4.47. The molecule has 0 radical (unpaired) electrons. The van der Waals surface area contributed by atoms with Crippen LogP contribution in [0.2, 0.25) is 0 Å². The predicted octanol–water partition coefficient (Wildman–Crippen LogP) is 3.56. The quantitative estimate of drug-likeness (QED) is 0.879. The summed E-state index contributed by atoms with van der Waals surface area (Å²) >= 11 is 0. The minimum Gasteiger partial charge on any atom is -0.323 e. The summed E-state index contributed by atoms with van der Waals surface area (Å²) in [4.78, 5) is 25.4. The first-order valence-corrected chi connectivity index (χ1v) is 8.00. The van der Waals surface area contributed by atoms with Crippen LogP contribution in [0.3, 0.4) is 0 Å². The van der Waals surface area contributed by atoms with Crippen molar-refractivity contribution < 1.29 is 9.59 Å². The summed E-state index contributed by atoms with van der Waals surface area (Å²) in [5, 5.41) is 2.87. The Balaban J connectivity index is 1.68. The molecule has 2 amide bonds. The van der Waals surface area contributed by atoms with E-state index in [1.165, 1.54) is 6.08 Å². The molecular formula is C20H20N2O2. The summed E-state index contributed by atoms with van der Waals surface area (Å²) in [6.45, 7) is 4.29. The predicted molar refractivity (Wildman–Crippen MR) is 97.0 cm³/mol. The fraction of sp³-hybridized carbons (Fsp3) is 0.200. The molecule has 0 saturated heterocycles. The van der Waals surface area contributed by atoms with Crippen LogP contribution in [0.4, 0.5) is 11.4 Å². The molecule has 122 valence electrons. The van der Waals surface area contributed by atoms with E-state index in [1.54, 1.807) is 17.9 Å². The first kappa shape index (κ1) is 16.0. The molecule has 0 unspecified atom stereocenters. The minimum absolute atomic E-state index is 0.0478. The topological polar surface area (TPSA) is 49.4 Å². The van der Waals surface area contributed by atoms with Gasteiger partial charge < -0.3 is 10.2 Å². The first-order chi connectivity index (χ1) is 11.5. The van der Waals surface area contributed by atoms with Gasteiger partial charge in [-0.1, -0.05) is 29.8 Å². The van der Waals surface area contributed by atoms with Crippen LogP contribution in [-0.4, -0.2) is 18.4 Å². The maximum absolute atomic E-state index is 12.1. The van der Waals surface area contributed by atoms with Gasteiger partial charge in [-0.3, -0.25) is 9.59 Å². The van der Waals surface area contributed by atoms with Gasteiger partial charge in [0, 0.05) is 30.9 Å². The van der Waals surface area contributed by atoms with Gasteiger partial charge in [-0.05, 0) is 48.7 Å². The fourth-order valence-electron chi connectivity index (χ4n) is 2.94. The Morgan fingerprint density at radius 2 is 2.00 bits per heavy atom. The van der Waals surface area contributed by atoms with Crippen molar-refractivity contribution in [3.63, 3.8) is 0 Å². The number of aryl methyl sites for hydroxylation is 1. The van der Waals surface area contributed by atoms with E-state index in [4.69, 9.17) is 0 Å². The van der Waals surface area contributed by atoms with Crippen molar-refractivity contribution in [2.24, 2.45) is 0 Å². The van der Waals surface area contributed by atoms with Crippen LogP contribution in [-0.2, 0) is 16.0 Å². The van der Waals surface area contributed by atoms with E-state index in [0.29, 0.717) is 6.54 Å². The molecule has 0 aliphatic carbocycles. The van der Waals surface area contributed by atoms with Crippen LogP contribution < -0.4 is 10.2 Å². The number of nitrogens with one attached hydrogen (secondary N) is 1. The lowest BCUT2D eigenvalue weighted by Gasteiger charge is -2.14. The third-order valence-corrected chi connectivity index (χ3v) is 4.09. The monoisotopic (exact) mass is 320 g/mol. The minimum atomic E-state index is -0.169. The van der Waals surface area contributed by atoms with Gasteiger partial charge in [-0.25, -0.2) is 0 Å². The molecule has 0 spiro atoms. The van der Waals surface area contributed by atoms with Crippen LogP contribution in [0.1, 0.15) is 23.6 Å². The van der Waals surface area contributed by atoms with Crippen LogP contribution in [0.15, 0.2) is 48.5 Å². The second-order valence-corrected chi connectivity index (χ2v) is 6.00. The van der Waals surface area contributed by atoms with Gasteiger partial charge in [0.2, 0.25) is 11.8 Å². The second kappa shape index (κ2) is 6.71. The standard InChI is InChI=1S/C20H20N2O2/c1-14-4-3-5-16(12-14)6-9-20(24)21-18-7-8-19-17(13-18)10-11-22(19)15(2)23/h3-9,12-13H,10-11H2,1-2H3,(H,21,24)/b9-6+. The Hall–Kier alpha value is -2.88. The lowest BCUT2D eigenvalue weighted by Crippen LogP contribution is -2.25. The zero-order valence-corrected chi connectivity index (χ0v) is 13.9. The molecule has 0 fully saturated rings. The summed E-state index contributed by atoms with van der Waals surface area (Å²) in [5.41, 5.74) is 4.93. The number of rotatable bonds is 3. The smallest absolute Gasteiger partial charge is 0.248 e. The van der Waals surface area contributed by atoms with Crippen molar-refractivity contribution in [2.75, 3.05) is 16.8 Å². The van der Waals surface area contributed by atoms with Crippen molar-refractivity contribution in [2.45, 2.75) is 20.3 Å². The normalized spacial score (nSPS) is 13.2. The SMILES string of the molecule is CC(=O)N1CCc2cc(NC(=O)/C=C/c3cccc(C)c3)ccc21. The van der Waals surface area contributed by atoms with E-state index in [-0.39, 0.29) is 11.8 Å². The van der Waals surface area contributed by atoms with Gasteiger partial charge in [0.05, 0.1) is 0 Å². The zero-order valence-electron chi connectivity index (χ0n) is 13.9. The third kappa shape index (κ3) is 3.54. The van der Waals surface area contributed by atoms with Crippen LogP contribution >= 0.6 is 0 Å². The molecule has 2 aromatic carbocycles. The van der Waals surface area contributed by atoms with E-state index in [0.717, 1.165) is 34.5 Å².